The van der Waals surface area contributed by atoms with Crippen LogP contribution in [0, 0.1) is 0 Å². The number of benzene rings is 2. The van der Waals surface area contributed by atoms with Gasteiger partial charge in [-0.15, -0.1) is 0 Å². The lowest BCUT2D eigenvalue weighted by Gasteiger charge is -2.32. The van der Waals surface area contributed by atoms with Crippen LogP contribution < -0.4 is 0 Å². The Labute approximate surface area is 179 Å². The second kappa shape index (κ2) is 7.79. The number of carbonyl (C=O) groups excluding carboxylic acids is 3. The van der Waals surface area contributed by atoms with E-state index in [1.807, 2.05) is 15.6 Å². The van der Waals surface area contributed by atoms with Crippen molar-refractivity contribution in [3.8, 4) is 0 Å². The number of hydrogen-bond donors (Lipinski definition) is 0. The molecular weight excluding hydrogens is 394 g/mol. The van der Waals surface area contributed by atoms with Crippen LogP contribution in [0.4, 0.5) is 0 Å². The van der Waals surface area contributed by atoms with Crippen LogP contribution in [-0.2, 0) is 6.54 Å². The summed E-state index contributed by atoms with van der Waals surface area (Å²) in [6.07, 6.45) is 4.88. The second-order valence-electron chi connectivity index (χ2n) is 7.84. The molecule has 8 nitrogen and oxygen atoms in total. The molecule has 3 heterocycles. The Hall–Kier alpha value is -3.81. The maximum Gasteiger partial charge on any atom is 0.261 e. The summed E-state index contributed by atoms with van der Waals surface area (Å²) in [5.74, 6) is -0.638. The number of nitrogens with zero attached hydrogens (tertiary/aromatic N) is 5. The zero-order chi connectivity index (χ0) is 21.4. The van der Waals surface area contributed by atoms with Gasteiger partial charge in [0.15, 0.2) is 0 Å². The molecule has 0 N–H and O–H groups in total. The lowest BCUT2D eigenvalue weighted by molar-refractivity contribution is 0.0641. The average molecular weight is 415 g/mol. The molecule has 0 radical (unpaired) electrons. The normalized spacial score (nSPS) is 16.6. The van der Waals surface area contributed by atoms with Crippen molar-refractivity contribution in [2.24, 2.45) is 0 Å². The number of hydrogen-bond acceptors (Lipinski definition) is 5. The number of rotatable bonds is 4. The highest BCUT2D eigenvalue weighted by Gasteiger charge is 2.35. The first-order chi connectivity index (χ1) is 15.1. The van der Waals surface area contributed by atoms with Gasteiger partial charge in [-0.2, -0.15) is 5.10 Å². The fourth-order valence-corrected chi connectivity index (χ4v) is 4.29. The first kappa shape index (κ1) is 19.2. The molecular formula is C23H21N5O3. The number of piperidine rings is 1. The molecule has 0 bridgehead atoms. The molecule has 1 saturated heterocycles. The average Bonchev–Trinajstić information content (AvgIpc) is 3.43. The van der Waals surface area contributed by atoms with Crippen molar-refractivity contribution < 1.29 is 14.4 Å². The summed E-state index contributed by atoms with van der Waals surface area (Å²) < 4.78 is 1.85. The van der Waals surface area contributed by atoms with Gasteiger partial charge in [-0.05, 0) is 42.7 Å². The Bertz CT molecular complexity index is 1110. The van der Waals surface area contributed by atoms with Crippen LogP contribution in [0.3, 0.4) is 0 Å². The molecule has 0 spiro atoms. The van der Waals surface area contributed by atoms with Crippen molar-refractivity contribution in [1.82, 2.24) is 24.6 Å². The van der Waals surface area contributed by atoms with Gasteiger partial charge in [0, 0.05) is 18.7 Å². The summed E-state index contributed by atoms with van der Waals surface area (Å²) in [4.78, 5) is 45.4. The van der Waals surface area contributed by atoms with Gasteiger partial charge in [0.1, 0.15) is 12.7 Å². The molecule has 2 aliphatic rings. The van der Waals surface area contributed by atoms with Gasteiger partial charge in [-0.25, -0.2) is 9.67 Å². The first-order valence-electron chi connectivity index (χ1n) is 10.3. The second-order valence-corrected chi connectivity index (χ2v) is 7.84. The van der Waals surface area contributed by atoms with Gasteiger partial charge in [0.05, 0.1) is 23.7 Å². The molecule has 31 heavy (non-hydrogen) atoms. The number of aromatic nitrogens is 3. The van der Waals surface area contributed by atoms with E-state index in [1.165, 1.54) is 11.2 Å². The lowest BCUT2D eigenvalue weighted by atomic mass is 10.0. The van der Waals surface area contributed by atoms with E-state index in [2.05, 4.69) is 10.1 Å². The molecule has 3 aromatic rings. The van der Waals surface area contributed by atoms with Gasteiger partial charge in [0.2, 0.25) is 0 Å². The Kier molecular flexibility index (Phi) is 4.82. The summed E-state index contributed by atoms with van der Waals surface area (Å²) in [5, 5.41) is 4.20. The standard InChI is InChI=1S/C23H21N5O3/c29-21(26-10-8-18(9-11-26)28-15-24-14-25-28)17-5-3-4-16(12-17)13-27-22(30)19-6-1-2-7-20(19)23(27)31/h1-7,12,14-15,18H,8-11,13H2. The molecule has 0 saturated carbocycles. The highest BCUT2D eigenvalue weighted by Crippen LogP contribution is 2.25. The van der Waals surface area contributed by atoms with E-state index in [-0.39, 0.29) is 30.3 Å². The van der Waals surface area contributed by atoms with Gasteiger partial charge < -0.3 is 4.90 Å². The first-order valence-corrected chi connectivity index (χ1v) is 10.3. The minimum atomic E-state index is -0.299. The van der Waals surface area contributed by atoms with Crippen molar-refractivity contribution in [2.45, 2.75) is 25.4 Å². The highest BCUT2D eigenvalue weighted by molar-refractivity contribution is 6.21. The van der Waals surface area contributed by atoms with Crippen LogP contribution in [0.5, 0.6) is 0 Å². The zero-order valence-electron chi connectivity index (χ0n) is 16.8. The Morgan fingerprint density at radius 1 is 0.968 bits per heavy atom. The Morgan fingerprint density at radius 2 is 1.68 bits per heavy atom. The molecule has 8 heteroatoms. The topological polar surface area (TPSA) is 88.4 Å². The van der Waals surface area contributed by atoms with Crippen LogP contribution in [0.25, 0.3) is 0 Å². The van der Waals surface area contributed by atoms with Gasteiger partial charge in [-0.3, -0.25) is 19.3 Å². The maximum absolute atomic E-state index is 13.0. The lowest BCUT2D eigenvalue weighted by Crippen LogP contribution is -2.39. The van der Waals surface area contributed by atoms with Gasteiger partial charge in [0.25, 0.3) is 17.7 Å². The third-order valence-electron chi connectivity index (χ3n) is 5.96. The van der Waals surface area contributed by atoms with Gasteiger partial charge >= 0.3 is 0 Å². The van der Waals surface area contributed by atoms with Crippen LogP contribution in [-0.4, -0.2) is 55.4 Å². The molecule has 0 unspecified atom stereocenters. The molecule has 2 aromatic carbocycles. The summed E-state index contributed by atoms with van der Waals surface area (Å²) in [7, 11) is 0. The van der Waals surface area contributed by atoms with E-state index in [1.54, 1.807) is 48.8 Å². The molecule has 0 atom stereocenters. The van der Waals surface area contributed by atoms with Crippen LogP contribution in [0.2, 0.25) is 0 Å². The predicted octanol–water partition coefficient (Wildman–Crippen LogP) is 2.55. The monoisotopic (exact) mass is 415 g/mol. The summed E-state index contributed by atoms with van der Waals surface area (Å²) in [6, 6.07) is 14.3. The van der Waals surface area contributed by atoms with E-state index < -0.39 is 0 Å². The Morgan fingerprint density at radius 3 is 2.32 bits per heavy atom. The zero-order valence-corrected chi connectivity index (χ0v) is 16.8. The maximum atomic E-state index is 13.0. The van der Waals surface area contributed by atoms with Gasteiger partial charge in [-0.1, -0.05) is 24.3 Å². The minimum absolute atomic E-state index is 0.0405. The van der Waals surface area contributed by atoms with Crippen molar-refractivity contribution in [1.29, 1.82) is 0 Å². The third-order valence-corrected chi connectivity index (χ3v) is 5.96. The molecule has 156 valence electrons. The van der Waals surface area contributed by atoms with E-state index in [0.717, 1.165) is 18.4 Å². The van der Waals surface area contributed by atoms with E-state index in [9.17, 15) is 14.4 Å². The van der Waals surface area contributed by atoms with Crippen LogP contribution >= 0.6 is 0 Å². The SMILES string of the molecule is O=C(c1cccc(CN2C(=O)c3ccccc3C2=O)c1)N1CCC(n2cncn2)CC1. The number of fused-ring (bicyclic) bond motifs is 1. The largest absolute Gasteiger partial charge is 0.338 e. The quantitative estimate of drug-likeness (QED) is 0.611. The molecule has 3 amide bonds. The fourth-order valence-electron chi connectivity index (χ4n) is 4.29. The Balaban J connectivity index is 1.27. The third kappa shape index (κ3) is 3.50. The molecule has 5 rings (SSSR count). The summed E-state index contributed by atoms with van der Waals surface area (Å²) in [5.41, 5.74) is 2.16. The summed E-state index contributed by atoms with van der Waals surface area (Å²) >= 11 is 0. The highest BCUT2D eigenvalue weighted by atomic mass is 16.2. The molecule has 1 aromatic heterocycles. The molecule has 0 aliphatic carbocycles. The smallest absolute Gasteiger partial charge is 0.261 e. The van der Waals surface area contributed by atoms with Crippen LogP contribution in [0.15, 0.2) is 61.2 Å². The predicted molar refractivity (Wildman–Crippen MR) is 111 cm³/mol. The van der Waals surface area contributed by atoms with E-state index in [0.29, 0.717) is 29.8 Å². The minimum Gasteiger partial charge on any atom is -0.338 e. The number of likely N-dealkylation sites (tertiary alicyclic amines) is 1. The van der Waals surface area contributed by atoms with Crippen LogP contribution in [0.1, 0.15) is 55.5 Å². The van der Waals surface area contributed by atoms with Crippen molar-refractivity contribution >= 4 is 17.7 Å². The van der Waals surface area contributed by atoms with E-state index in [4.69, 9.17) is 0 Å². The number of amides is 3. The van der Waals surface area contributed by atoms with Crippen molar-refractivity contribution in [3.63, 3.8) is 0 Å². The summed E-state index contributed by atoms with van der Waals surface area (Å²) in [6.45, 7) is 1.43. The molecule has 2 aliphatic heterocycles. The number of carbonyl (C=O) groups is 3. The fraction of sp³-hybridized carbons (Fsp3) is 0.261. The van der Waals surface area contributed by atoms with Crippen molar-refractivity contribution in [3.05, 3.63) is 83.4 Å². The van der Waals surface area contributed by atoms with Crippen molar-refractivity contribution in [2.75, 3.05) is 13.1 Å². The molecule has 1 fully saturated rings. The van der Waals surface area contributed by atoms with E-state index >= 15 is 0 Å². The number of imide groups is 1.